The molecule has 0 atom stereocenters. The van der Waals surface area contributed by atoms with E-state index in [1.165, 1.54) is 0 Å². The van der Waals surface area contributed by atoms with Crippen LogP contribution in [0.1, 0.15) is 28.4 Å². The van der Waals surface area contributed by atoms with Crippen molar-refractivity contribution in [2.24, 2.45) is 5.10 Å². The van der Waals surface area contributed by atoms with Crippen LogP contribution in [0.3, 0.4) is 0 Å². The van der Waals surface area contributed by atoms with Crippen LogP contribution in [-0.2, 0) is 0 Å². The van der Waals surface area contributed by atoms with Gasteiger partial charge in [0.05, 0.1) is 16.8 Å². The summed E-state index contributed by atoms with van der Waals surface area (Å²) >= 11 is 6.07. The summed E-state index contributed by atoms with van der Waals surface area (Å²) in [5.41, 5.74) is 3.44. The molecule has 0 radical (unpaired) electrons. The molecule has 1 amide bonds. The van der Waals surface area contributed by atoms with E-state index in [1.807, 2.05) is 31.2 Å². The van der Waals surface area contributed by atoms with E-state index in [1.54, 1.807) is 36.5 Å². The number of carbonyl (C=O) groups excluding carboxylic acids is 1. The van der Waals surface area contributed by atoms with Gasteiger partial charge in [0.1, 0.15) is 0 Å². The van der Waals surface area contributed by atoms with Crippen molar-refractivity contribution in [3.05, 3.63) is 82.9 Å². The van der Waals surface area contributed by atoms with Crippen molar-refractivity contribution in [1.29, 1.82) is 0 Å². The van der Waals surface area contributed by atoms with Crippen molar-refractivity contribution in [3.63, 3.8) is 0 Å². The first kappa shape index (κ1) is 17.2. The lowest BCUT2D eigenvalue weighted by molar-refractivity contribution is 0.0846. The van der Waals surface area contributed by atoms with E-state index in [9.17, 15) is 9.82 Å². The average Bonchev–Trinajstić information content (AvgIpc) is 2.62. The fourth-order valence-electron chi connectivity index (χ4n) is 2.66. The zero-order valence-corrected chi connectivity index (χ0v) is 14.4. The molecule has 2 aromatic carbocycles. The third-order valence-electron chi connectivity index (χ3n) is 3.97. The highest BCUT2D eigenvalue weighted by Gasteiger charge is 2.34. The van der Waals surface area contributed by atoms with E-state index in [4.69, 9.17) is 11.6 Å². The minimum absolute atomic E-state index is 0.293. The summed E-state index contributed by atoms with van der Waals surface area (Å²) in [5, 5.41) is 15.0. The largest absolute Gasteiger partial charge is 0.474 e. The predicted molar refractivity (Wildman–Crippen MR) is 103 cm³/mol. The van der Waals surface area contributed by atoms with Gasteiger partial charge in [0.25, 0.3) is 5.91 Å². The molecule has 4 nitrogen and oxygen atoms in total. The summed E-state index contributed by atoms with van der Waals surface area (Å²) in [6.07, 6.45) is 5.38. The van der Waals surface area contributed by atoms with Crippen molar-refractivity contribution < 1.29 is 9.82 Å². The minimum Gasteiger partial charge on any atom is -0.427 e. The van der Waals surface area contributed by atoms with Crippen LogP contribution >= 0.6 is 11.6 Å². The molecular formula is C19H16BClN2O2. The van der Waals surface area contributed by atoms with Crippen molar-refractivity contribution >= 4 is 41.8 Å². The Kier molecular flexibility index (Phi) is 4.88. The number of benzene rings is 2. The molecule has 2 aromatic rings. The molecule has 1 aliphatic heterocycles. The van der Waals surface area contributed by atoms with Crippen molar-refractivity contribution in [2.75, 3.05) is 0 Å². The lowest BCUT2D eigenvalue weighted by Gasteiger charge is -2.25. The summed E-state index contributed by atoms with van der Waals surface area (Å²) < 4.78 is 0. The van der Waals surface area contributed by atoms with Crippen LogP contribution in [0, 0.1) is 0 Å². The number of fused-ring (bicyclic) bond motifs is 1. The third-order valence-corrected chi connectivity index (χ3v) is 4.30. The molecule has 0 saturated heterocycles. The van der Waals surface area contributed by atoms with E-state index in [2.05, 4.69) is 11.7 Å². The molecule has 1 N–H and O–H groups in total. The maximum Gasteiger partial charge on any atom is 0.474 e. The van der Waals surface area contributed by atoms with Gasteiger partial charge in [-0.1, -0.05) is 54.6 Å². The minimum atomic E-state index is -1.17. The summed E-state index contributed by atoms with van der Waals surface area (Å²) in [6.45, 7) is 5.93. The van der Waals surface area contributed by atoms with Crippen LogP contribution in [0.15, 0.2) is 66.3 Å². The highest BCUT2D eigenvalue weighted by molar-refractivity contribution is 6.68. The van der Waals surface area contributed by atoms with Gasteiger partial charge < -0.3 is 5.02 Å². The standard InChI is InChI=1S/C19H16BClN2O2/c1-3-6-13(2)14-9-10-17-15(11-14)12-22-23(20(17)25)19(24)16-7-4-5-8-18(16)21/h3-12,25H,2H2,1H3/b6-3-. The Labute approximate surface area is 151 Å². The highest BCUT2D eigenvalue weighted by Crippen LogP contribution is 2.20. The van der Waals surface area contributed by atoms with Crippen LogP contribution in [0.4, 0.5) is 0 Å². The number of carbonyl (C=O) groups is 1. The first-order valence-electron chi connectivity index (χ1n) is 7.79. The Morgan fingerprint density at radius 2 is 2.08 bits per heavy atom. The second-order valence-electron chi connectivity index (χ2n) is 5.62. The fourth-order valence-corrected chi connectivity index (χ4v) is 2.88. The van der Waals surface area contributed by atoms with Gasteiger partial charge >= 0.3 is 7.05 Å². The summed E-state index contributed by atoms with van der Waals surface area (Å²) in [7, 11) is -1.17. The van der Waals surface area contributed by atoms with Gasteiger partial charge in [-0.15, -0.1) is 0 Å². The maximum absolute atomic E-state index is 12.6. The number of hydrogen-bond donors (Lipinski definition) is 1. The van der Waals surface area contributed by atoms with Gasteiger partial charge in [-0.2, -0.15) is 5.10 Å². The predicted octanol–water partition coefficient (Wildman–Crippen LogP) is 3.11. The second-order valence-corrected chi connectivity index (χ2v) is 6.02. The zero-order valence-electron chi connectivity index (χ0n) is 13.7. The number of amides is 1. The quantitative estimate of drug-likeness (QED) is 0.683. The number of allylic oxidation sites excluding steroid dienone is 3. The molecule has 0 fully saturated rings. The molecule has 0 saturated carbocycles. The van der Waals surface area contributed by atoms with Gasteiger partial charge in [-0.3, -0.25) is 4.79 Å². The molecule has 25 heavy (non-hydrogen) atoms. The first-order chi connectivity index (χ1) is 12.0. The number of hydrogen-bond acceptors (Lipinski definition) is 3. The Bertz CT molecular complexity index is 908. The second kappa shape index (κ2) is 7.09. The van der Waals surface area contributed by atoms with E-state index in [-0.39, 0.29) is 0 Å². The van der Waals surface area contributed by atoms with Gasteiger partial charge in [0, 0.05) is 0 Å². The summed E-state index contributed by atoms with van der Waals surface area (Å²) in [5.74, 6) is -0.456. The van der Waals surface area contributed by atoms with Gasteiger partial charge in [0.2, 0.25) is 0 Å². The van der Waals surface area contributed by atoms with Crippen molar-refractivity contribution in [2.45, 2.75) is 6.92 Å². The molecule has 0 aromatic heterocycles. The Hall–Kier alpha value is -2.63. The van der Waals surface area contributed by atoms with Gasteiger partial charge in [-0.05, 0) is 47.3 Å². The molecule has 0 spiro atoms. The number of rotatable bonds is 3. The van der Waals surface area contributed by atoms with E-state index in [0.29, 0.717) is 16.0 Å². The highest BCUT2D eigenvalue weighted by atomic mass is 35.5. The van der Waals surface area contributed by atoms with Crippen molar-refractivity contribution in [1.82, 2.24) is 4.92 Å². The lowest BCUT2D eigenvalue weighted by atomic mass is 9.69. The number of nitrogens with zero attached hydrogens (tertiary/aromatic N) is 2. The topological polar surface area (TPSA) is 52.9 Å². The smallest absolute Gasteiger partial charge is 0.427 e. The van der Waals surface area contributed by atoms with Crippen LogP contribution < -0.4 is 5.46 Å². The maximum atomic E-state index is 12.6. The Morgan fingerprint density at radius 3 is 2.80 bits per heavy atom. The summed E-state index contributed by atoms with van der Waals surface area (Å²) in [6, 6.07) is 12.2. The van der Waals surface area contributed by atoms with Crippen molar-refractivity contribution in [3.8, 4) is 0 Å². The molecule has 124 valence electrons. The SMILES string of the molecule is C=C(/C=C\C)c1ccc2c(c1)C=NN(C(=O)c1ccccc1Cl)B2O. The summed E-state index contributed by atoms with van der Waals surface area (Å²) in [4.78, 5) is 13.7. The molecule has 1 aliphatic rings. The normalized spacial score (nSPS) is 13.2. The molecular weight excluding hydrogens is 334 g/mol. The zero-order chi connectivity index (χ0) is 18.0. The third kappa shape index (κ3) is 3.29. The average molecular weight is 351 g/mol. The molecule has 0 unspecified atom stereocenters. The van der Waals surface area contributed by atoms with Crippen LogP contribution in [0.2, 0.25) is 5.02 Å². The van der Waals surface area contributed by atoms with Crippen LogP contribution in [0.25, 0.3) is 5.57 Å². The van der Waals surface area contributed by atoms with Gasteiger partial charge in [0.15, 0.2) is 0 Å². The van der Waals surface area contributed by atoms with E-state index >= 15 is 0 Å². The van der Waals surface area contributed by atoms with Crippen LogP contribution in [-0.4, -0.2) is 29.1 Å². The molecule has 6 heteroatoms. The Morgan fingerprint density at radius 1 is 1.32 bits per heavy atom. The van der Waals surface area contributed by atoms with Crippen LogP contribution in [0.5, 0.6) is 0 Å². The van der Waals surface area contributed by atoms with E-state index in [0.717, 1.165) is 21.6 Å². The molecule has 0 aliphatic carbocycles. The number of halogens is 1. The molecule has 0 bridgehead atoms. The fraction of sp³-hybridized carbons (Fsp3) is 0.0526. The Balaban J connectivity index is 1.93. The first-order valence-corrected chi connectivity index (χ1v) is 8.16. The number of hydrazone groups is 1. The van der Waals surface area contributed by atoms with Gasteiger partial charge in [-0.25, -0.2) is 4.92 Å². The monoisotopic (exact) mass is 350 g/mol. The molecule has 1 heterocycles. The molecule has 3 rings (SSSR count). The lowest BCUT2D eigenvalue weighted by Crippen LogP contribution is -2.52. The van der Waals surface area contributed by atoms with E-state index < -0.39 is 13.0 Å².